The largest absolute Gasteiger partial charge is 0.245 e. The van der Waals surface area contributed by atoms with Crippen LogP contribution in [0.5, 0.6) is 0 Å². The monoisotopic (exact) mass is 584 g/mol. The van der Waals surface area contributed by atoms with Gasteiger partial charge in [0.15, 0.2) is 0 Å². The minimum absolute atomic E-state index is 0.911. The van der Waals surface area contributed by atoms with E-state index in [2.05, 4.69) is 162 Å². The summed E-state index contributed by atoms with van der Waals surface area (Å²) >= 11 is 0. The van der Waals surface area contributed by atoms with Crippen LogP contribution in [0.4, 0.5) is 0 Å². The van der Waals surface area contributed by atoms with Crippen molar-refractivity contribution < 1.29 is 0 Å². The number of aromatic nitrogens is 2. The molecular weight excluding hydrogens is 556 g/mol. The highest BCUT2D eigenvalue weighted by Gasteiger charge is 2.15. The van der Waals surface area contributed by atoms with Gasteiger partial charge in [0.05, 0.1) is 5.69 Å². The first kappa shape index (κ1) is 26.3. The van der Waals surface area contributed by atoms with Gasteiger partial charge in [-0.15, -0.1) is 0 Å². The molecule has 9 aromatic rings. The molecule has 0 aliphatic rings. The lowest BCUT2D eigenvalue weighted by Crippen LogP contribution is -1.91. The summed E-state index contributed by atoms with van der Waals surface area (Å²) in [5.41, 5.74) is 9.14. The van der Waals surface area contributed by atoms with Crippen LogP contribution in [-0.2, 0) is 0 Å². The Kier molecular flexibility index (Phi) is 6.17. The van der Waals surface area contributed by atoms with Gasteiger partial charge in [-0.05, 0) is 119 Å². The molecule has 46 heavy (non-hydrogen) atoms. The van der Waals surface area contributed by atoms with E-state index in [4.69, 9.17) is 0 Å². The fourth-order valence-electron chi connectivity index (χ4n) is 7.01. The van der Waals surface area contributed by atoms with Gasteiger partial charge < -0.3 is 0 Å². The van der Waals surface area contributed by atoms with Crippen molar-refractivity contribution in [1.82, 2.24) is 9.97 Å². The van der Waals surface area contributed by atoms with Gasteiger partial charge in [0.25, 0.3) is 0 Å². The summed E-state index contributed by atoms with van der Waals surface area (Å²) in [6.07, 6.45) is 3.40. The Hall–Kier alpha value is -6.12. The van der Waals surface area contributed by atoms with E-state index in [1.165, 1.54) is 65.3 Å². The predicted octanol–water partition coefficient (Wildman–Crippen LogP) is 11.8. The van der Waals surface area contributed by atoms with Crippen molar-refractivity contribution in [2.75, 3.05) is 0 Å². The second kappa shape index (κ2) is 10.8. The lowest BCUT2D eigenvalue weighted by Gasteiger charge is -2.17. The summed E-state index contributed by atoms with van der Waals surface area (Å²) < 4.78 is 0. The second-order valence-electron chi connectivity index (χ2n) is 11.9. The molecule has 8 aromatic carbocycles. The average Bonchev–Trinajstić information content (AvgIpc) is 3.14. The van der Waals surface area contributed by atoms with E-state index in [1.54, 1.807) is 12.5 Å². The molecule has 0 fully saturated rings. The molecule has 0 saturated carbocycles. The van der Waals surface area contributed by atoms with Gasteiger partial charge >= 0.3 is 0 Å². The first-order valence-corrected chi connectivity index (χ1v) is 15.6. The van der Waals surface area contributed by atoms with Crippen LogP contribution < -0.4 is 0 Å². The number of benzene rings is 8. The SMILES string of the molecule is c1cc(-c2cc(-c3cc4ccccc4c4ccccc34)cc(-c3cc4ccccc4c4ccccc34)c2)cc(-c2ccncn2)c1. The molecule has 0 spiro atoms. The maximum atomic E-state index is 4.53. The summed E-state index contributed by atoms with van der Waals surface area (Å²) in [4.78, 5) is 8.65. The number of rotatable bonds is 4. The van der Waals surface area contributed by atoms with Gasteiger partial charge in [-0.1, -0.05) is 115 Å². The quantitative estimate of drug-likeness (QED) is 0.192. The van der Waals surface area contributed by atoms with Crippen LogP contribution in [0, 0.1) is 0 Å². The van der Waals surface area contributed by atoms with Crippen molar-refractivity contribution in [3.63, 3.8) is 0 Å². The van der Waals surface area contributed by atoms with Crippen LogP contribution >= 0.6 is 0 Å². The zero-order valence-corrected chi connectivity index (χ0v) is 25.1. The second-order valence-corrected chi connectivity index (χ2v) is 11.9. The van der Waals surface area contributed by atoms with E-state index in [1.807, 2.05) is 6.07 Å². The Morgan fingerprint density at radius 1 is 0.326 bits per heavy atom. The third-order valence-electron chi connectivity index (χ3n) is 9.16. The summed E-state index contributed by atoms with van der Waals surface area (Å²) in [5.74, 6) is 0. The number of fused-ring (bicyclic) bond motifs is 6. The Morgan fingerprint density at radius 2 is 0.804 bits per heavy atom. The van der Waals surface area contributed by atoms with Crippen molar-refractivity contribution in [3.05, 3.63) is 170 Å². The summed E-state index contributed by atoms with van der Waals surface area (Å²) in [5, 5.41) is 10.1. The predicted molar refractivity (Wildman–Crippen MR) is 194 cm³/mol. The van der Waals surface area contributed by atoms with Crippen LogP contribution in [0.15, 0.2) is 170 Å². The number of hydrogen-bond donors (Lipinski definition) is 0. The van der Waals surface area contributed by atoms with Crippen LogP contribution in [0.2, 0.25) is 0 Å². The first-order chi connectivity index (χ1) is 22.8. The molecular formula is C44H28N2. The summed E-state index contributed by atoms with van der Waals surface area (Å²) in [7, 11) is 0. The standard InChI is InChI=1S/C44H28N2/c1-3-14-36-30(10-1)26-42(40-18-7-5-16-38(36)40)34-23-33(29-12-9-13-32(22-29)44-20-21-45-28-46-44)24-35(25-34)43-27-31-11-2-4-15-37(31)39-17-6-8-19-41(39)43/h1-28H. The Morgan fingerprint density at radius 3 is 1.37 bits per heavy atom. The van der Waals surface area contributed by atoms with Crippen LogP contribution in [-0.4, -0.2) is 9.97 Å². The molecule has 1 heterocycles. The lowest BCUT2D eigenvalue weighted by atomic mass is 9.87. The van der Waals surface area contributed by atoms with Crippen LogP contribution in [0.25, 0.3) is 87.7 Å². The van der Waals surface area contributed by atoms with Gasteiger partial charge in [0, 0.05) is 11.8 Å². The van der Waals surface area contributed by atoms with E-state index in [0.717, 1.165) is 22.4 Å². The van der Waals surface area contributed by atoms with Gasteiger partial charge in [-0.25, -0.2) is 9.97 Å². The van der Waals surface area contributed by atoms with Crippen molar-refractivity contribution in [3.8, 4) is 44.6 Å². The maximum absolute atomic E-state index is 4.53. The third-order valence-corrected chi connectivity index (χ3v) is 9.16. The topological polar surface area (TPSA) is 25.8 Å². The van der Waals surface area contributed by atoms with Gasteiger partial charge in [0.2, 0.25) is 0 Å². The molecule has 1 aromatic heterocycles. The van der Waals surface area contributed by atoms with Gasteiger partial charge in [0.1, 0.15) is 6.33 Å². The highest BCUT2D eigenvalue weighted by molar-refractivity contribution is 6.16. The van der Waals surface area contributed by atoms with Crippen molar-refractivity contribution in [2.45, 2.75) is 0 Å². The van der Waals surface area contributed by atoms with E-state index in [0.29, 0.717) is 0 Å². The van der Waals surface area contributed by atoms with Crippen LogP contribution in [0.1, 0.15) is 0 Å². The molecule has 0 amide bonds. The molecule has 0 aliphatic heterocycles. The Labute approximate surface area is 267 Å². The van der Waals surface area contributed by atoms with E-state index in [9.17, 15) is 0 Å². The van der Waals surface area contributed by atoms with Gasteiger partial charge in [-0.2, -0.15) is 0 Å². The lowest BCUT2D eigenvalue weighted by molar-refractivity contribution is 1.17. The smallest absolute Gasteiger partial charge is 0.116 e. The number of nitrogens with zero attached hydrogens (tertiary/aromatic N) is 2. The number of hydrogen-bond acceptors (Lipinski definition) is 2. The molecule has 0 saturated heterocycles. The van der Waals surface area contributed by atoms with Crippen molar-refractivity contribution in [2.24, 2.45) is 0 Å². The fraction of sp³-hybridized carbons (Fsp3) is 0. The van der Waals surface area contributed by atoms with Gasteiger partial charge in [-0.3, -0.25) is 0 Å². The Balaban J connectivity index is 1.35. The molecule has 0 atom stereocenters. The molecule has 0 radical (unpaired) electrons. The van der Waals surface area contributed by atoms with E-state index >= 15 is 0 Å². The highest BCUT2D eigenvalue weighted by Crippen LogP contribution is 2.42. The molecule has 0 bridgehead atoms. The molecule has 9 rings (SSSR count). The third kappa shape index (κ3) is 4.43. The minimum atomic E-state index is 0.911. The van der Waals surface area contributed by atoms with Crippen molar-refractivity contribution in [1.29, 1.82) is 0 Å². The van der Waals surface area contributed by atoms with E-state index in [-0.39, 0.29) is 0 Å². The molecule has 2 heteroatoms. The average molecular weight is 585 g/mol. The zero-order valence-electron chi connectivity index (χ0n) is 25.1. The normalized spacial score (nSPS) is 11.5. The summed E-state index contributed by atoms with van der Waals surface area (Å²) in [6.45, 7) is 0. The van der Waals surface area contributed by atoms with Crippen LogP contribution in [0.3, 0.4) is 0 Å². The summed E-state index contributed by atoms with van der Waals surface area (Å²) in [6, 6.07) is 57.4. The zero-order chi connectivity index (χ0) is 30.5. The first-order valence-electron chi connectivity index (χ1n) is 15.6. The fourth-order valence-corrected chi connectivity index (χ4v) is 7.01. The highest BCUT2D eigenvalue weighted by atomic mass is 14.8. The maximum Gasteiger partial charge on any atom is 0.116 e. The van der Waals surface area contributed by atoms with E-state index < -0.39 is 0 Å². The molecule has 0 aliphatic carbocycles. The Bertz CT molecular complexity index is 2450. The molecule has 0 unspecified atom stereocenters. The molecule has 2 nitrogen and oxygen atoms in total. The minimum Gasteiger partial charge on any atom is -0.245 e. The molecule has 214 valence electrons. The van der Waals surface area contributed by atoms with Crippen molar-refractivity contribution >= 4 is 43.1 Å². The molecule has 0 N–H and O–H groups in total.